The van der Waals surface area contributed by atoms with Crippen LogP contribution in [0.2, 0.25) is 0 Å². The summed E-state index contributed by atoms with van der Waals surface area (Å²) in [5.74, 6) is 2.42. The molecule has 4 heteroatoms. The summed E-state index contributed by atoms with van der Waals surface area (Å²) in [6.45, 7) is 6.95. The third-order valence-electron chi connectivity index (χ3n) is 1.64. The van der Waals surface area contributed by atoms with E-state index in [-0.39, 0.29) is 0 Å². The van der Waals surface area contributed by atoms with E-state index in [9.17, 15) is 0 Å². The highest BCUT2D eigenvalue weighted by Crippen LogP contribution is 2.14. The van der Waals surface area contributed by atoms with Crippen molar-refractivity contribution in [3.8, 4) is 0 Å². The van der Waals surface area contributed by atoms with Crippen LogP contribution < -0.4 is 11.1 Å². The molecule has 1 aromatic rings. The summed E-state index contributed by atoms with van der Waals surface area (Å²) < 4.78 is 0. The van der Waals surface area contributed by atoms with Crippen LogP contribution in [0.15, 0.2) is 6.07 Å². The molecule has 3 N–H and O–H groups in total. The van der Waals surface area contributed by atoms with Gasteiger partial charge in [-0.05, 0) is 6.92 Å². The monoisotopic (exact) mass is 180 g/mol. The first-order valence-corrected chi connectivity index (χ1v) is 4.51. The minimum Gasteiger partial charge on any atom is -0.384 e. The molecule has 0 aromatic carbocycles. The highest BCUT2D eigenvalue weighted by molar-refractivity contribution is 5.44. The van der Waals surface area contributed by atoms with Crippen molar-refractivity contribution in [2.75, 3.05) is 17.6 Å². The molecule has 72 valence electrons. The molecule has 1 aromatic heterocycles. The van der Waals surface area contributed by atoms with Crippen LogP contribution in [-0.2, 0) is 0 Å². The first kappa shape index (κ1) is 9.77. The van der Waals surface area contributed by atoms with Gasteiger partial charge < -0.3 is 11.1 Å². The Bertz CT molecular complexity index is 283. The Kier molecular flexibility index (Phi) is 3.06. The summed E-state index contributed by atoms with van der Waals surface area (Å²) in [6, 6.07) is 1.75. The topological polar surface area (TPSA) is 63.8 Å². The van der Waals surface area contributed by atoms with Crippen LogP contribution in [0.1, 0.15) is 32.5 Å². The van der Waals surface area contributed by atoms with Gasteiger partial charge in [-0.25, -0.2) is 9.97 Å². The number of hydrogen-bond donors (Lipinski definition) is 2. The molecule has 0 saturated carbocycles. The molecule has 13 heavy (non-hydrogen) atoms. The standard InChI is InChI=1S/C9H16N4/c1-4-11-8-5-7(10)12-9(13-8)6(2)3/h5-6H,4H2,1-3H3,(H3,10,11,12,13). The van der Waals surface area contributed by atoms with Crippen LogP contribution in [-0.4, -0.2) is 16.5 Å². The van der Waals surface area contributed by atoms with E-state index in [4.69, 9.17) is 5.73 Å². The second kappa shape index (κ2) is 4.07. The van der Waals surface area contributed by atoms with Crippen molar-refractivity contribution in [2.24, 2.45) is 0 Å². The molecule has 0 unspecified atom stereocenters. The Morgan fingerprint density at radius 3 is 2.69 bits per heavy atom. The van der Waals surface area contributed by atoms with Gasteiger partial charge >= 0.3 is 0 Å². The van der Waals surface area contributed by atoms with Crippen LogP contribution >= 0.6 is 0 Å². The normalized spacial score (nSPS) is 10.5. The van der Waals surface area contributed by atoms with Gasteiger partial charge in [-0.1, -0.05) is 13.8 Å². The predicted molar refractivity (Wildman–Crippen MR) is 54.7 cm³/mol. The Hall–Kier alpha value is -1.32. The van der Waals surface area contributed by atoms with E-state index < -0.39 is 0 Å². The van der Waals surface area contributed by atoms with Crippen molar-refractivity contribution in [3.63, 3.8) is 0 Å². The summed E-state index contributed by atoms with van der Waals surface area (Å²) in [5, 5.41) is 3.11. The summed E-state index contributed by atoms with van der Waals surface area (Å²) in [6.07, 6.45) is 0. The van der Waals surface area contributed by atoms with Gasteiger partial charge in [0.25, 0.3) is 0 Å². The highest BCUT2D eigenvalue weighted by Gasteiger charge is 2.05. The maximum atomic E-state index is 5.64. The molecule has 1 rings (SSSR count). The Labute approximate surface area is 78.6 Å². The molecule has 0 saturated heterocycles. The second-order valence-electron chi connectivity index (χ2n) is 3.22. The quantitative estimate of drug-likeness (QED) is 0.741. The van der Waals surface area contributed by atoms with Crippen molar-refractivity contribution in [3.05, 3.63) is 11.9 Å². The summed E-state index contributed by atoms with van der Waals surface area (Å²) in [7, 11) is 0. The van der Waals surface area contributed by atoms with Crippen molar-refractivity contribution in [1.82, 2.24) is 9.97 Å². The average Bonchev–Trinajstić information content (AvgIpc) is 2.03. The van der Waals surface area contributed by atoms with Crippen molar-refractivity contribution >= 4 is 11.6 Å². The lowest BCUT2D eigenvalue weighted by Crippen LogP contribution is -2.06. The Morgan fingerprint density at radius 1 is 1.46 bits per heavy atom. The molecule has 0 aliphatic heterocycles. The molecule has 0 bridgehead atoms. The lowest BCUT2D eigenvalue weighted by atomic mass is 10.2. The van der Waals surface area contributed by atoms with Crippen LogP contribution in [0.4, 0.5) is 11.6 Å². The summed E-state index contributed by atoms with van der Waals surface area (Å²) in [5.41, 5.74) is 5.64. The number of nitrogens with one attached hydrogen (secondary N) is 1. The molecular formula is C9H16N4. The number of aromatic nitrogens is 2. The molecule has 0 aliphatic rings. The van der Waals surface area contributed by atoms with Crippen molar-refractivity contribution in [1.29, 1.82) is 0 Å². The van der Waals surface area contributed by atoms with E-state index in [1.807, 2.05) is 20.8 Å². The van der Waals surface area contributed by atoms with E-state index in [0.29, 0.717) is 11.7 Å². The Balaban J connectivity index is 2.96. The maximum Gasteiger partial charge on any atom is 0.135 e. The molecule has 0 fully saturated rings. The van der Waals surface area contributed by atoms with Gasteiger partial charge in [0.2, 0.25) is 0 Å². The number of nitrogen functional groups attached to an aromatic ring is 1. The SMILES string of the molecule is CCNc1cc(N)nc(C(C)C)n1. The lowest BCUT2D eigenvalue weighted by Gasteiger charge is -2.08. The minimum absolute atomic E-state index is 0.306. The fraction of sp³-hybridized carbons (Fsp3) is 0.556. The molecular weight excluding hydrogens is 164 g/mol. The molecule has 0 radical (unpaired) electrons. The minimum atomic E-state index is 0.306. The molecule has 0 atom stereocenters. The van der Waals surface area contributed by atoms with E-state index in [1.54, 1.807) is 6.07 Å². The van der Waals surface area contributed by atoms with E-state index in [2.05, 4.69) is 15.3 Å². The number of nitrogens with two attached hydrogens (primary N) is 1. The van der Waals surface area contributed by atoms with Gasteiger partial charge in [0, 0.05) is 18.5 Å². The van der Waals surface area contributed by atoms with E-state index in [0.717, 1.165) is 18.2 Å². The van der Waals surface area contributed by atoms with Gasteiger partial charge in [-0.3, -0.25) is 0 Å². The first-order valence-electron chi connectivity index (χ1n) is 4.51. The van der Waals surface area contributed by atoms with Gasteiger partial charge in [0.15, 0.2) is 0 Å². The summed E-state index contributed by atoms with van der Waals surface area (Å²) in [4.78, 5) is 8.46. The van der Waals surface area contributed by atoms with Crippen LogP contribution in [0.5, 0.6) is 0 Å². The smallest absolute Gasteiger partial charge is 0.135 e. The molecule has 1 heterocycles. The summed E-state index contributed by atoms with van der Waals surface area (Å²) >= 11 is 0. The first-order chi connectivity index (χ1) is 6.13. The molecule has 0 amide bonds. The Morgan fingerprint density at radius 2 is 2.15 bits per heavy atom. The van der Waals surface area contributed by atoms with Crippen LogP contribution in [0, 0.1) is 0 Å². The van der Waals surface area contributed by atoms with Crippen molar-refractivity contribution in [2.45, 2.75) is 26.7 Å². The van der Waals surface area contributed by atoms with Gasteiger partial charge in [-0.2, -0.15) is 0 Å². The third kappa shape index (κ3) is 2.57. The van der Waals surface area contributed by atoms with Crippen LogP contribution in [0.25, 0.3) is 0 Å². The number of anilines is 2. The largest absolute Gasteiger partial charge is 0.384 e. The molecule has 0 aliphatic carbocycles. The second-order valence-corrected chi connectivity index (χ2v) is 3.22. The zero-order valence-electron chi connectivity index (χ0n) is 8.33. The molecule has 0 spiro atoms. The number of rotatable bonds is 3. The maximum absolute atomic E-state index is 5.64. The number of nitrogens with zero attached hydrogens (tertiary/aromatic N) is 2. The third-order valence-corrected chi connectivity index (χ3v) is 1.64. The average molecular weight is 180 g/mol. The highest BCUT2D eigenvalue weighted by atomic mass is 15.0. The van der Waals surface area contributed by atoms with Gasteiger partial charge in [0.1, 0.15) is 17.5 Å². The number of hydrogen-bond acceptors (Lipinski definition) is 4. The van der Waals surface area contributed by atoms with Crippen LogP contribution in [0.3, 0.4) is 0 Å². The predicted octanol–water partition coefficient (Wildman–Crippen LogP) is 1.61. The lowest BCUT2D eigenvalue weighted by molar-refractivity contribution is 0.777. The van der Waals surface area contributed by atoms with E-state index in [1.165, 1.54) is 0 Å². The zero-order valence-corrected chi connectivity index (χ0v) is 8.33. The zero-order chi connectivity index (χ0) is 9.84. The fourth-order valence-electron chi connectivity index (χ4n) is 1.02. The van der Waals surface area contributed by atoms with Crippen molar-refractivity contribution < 1.29 is 0 Å². The fourth-order valence-corrected chi connectivity index (χ4v) is 1.02. The van der Waals surface area contributed by atoms with Gasteiger partial charge in [0.05, 0.1) is 0 Å². The van der Waals surface area contributed by atoms with Gasteiger partial charge in [-0.15, -0.1) is 0 Å². The van der Waals surface area contributed by atoms with E-state index >= 15 is 0 Å². The molecule has 4 nitrogen and oxygen atoms in total.